The SMILES string of the molecule is Brc1ccc(-n2ccnc2)cc1.CC. The lowest BCUT2D eigenvalue weighted by Crippen LogP contribution is -1.87. The van der Waals surface area contributed by atoms with Crippen LogP contribution < -0.4 is 0 Å². The van der Waals surface area contributed by atoms with Crippen LogP contribution in [0.2, 0.25) is 0 Å². The van der Waals surface area contributed by atoms with Crippen LogP contribution in [-0.2, 0) is 0 Å². The minimum absolute atomic E-state index is 1.09. The number of benzene rings is 1. The predicted molar refractivity (Wildman–Crippen MR) is 62.6 cm³/mol. The van der Waals surface area contributed by atoms with Crippen LogP contribution in [0.15, 0.2) is 47.5 Å². The molecule has 0 saturated carbocycles. The Kier molecular flexibility index (Phi) is 4.40. The highest BCUT2D eigenvalue weighted by Crippen LogP contribution is 2.13. The van der Waals surface area contributed by atoms with Gasteiger partial charge in [0.05, 0.1) is 6.33 Å². The smallest absolute Gasteiger partial charge is 0.0991 e. The molecule has 1 aromatic heterocycles. The number of aromatic nitrogens is 2. The van der Waals surface area contributed by atoms with Gasteiger partial charge in [-0.3, -0.25) is 0 Å². The second-order valence-electron chi connectivity index (χ2n) is 2.45. The lowest BCUT2D eigenvalue weighted by molar-refractivity contribution is 1.06. The van der Waals surface area contributed by atoms with Crippen LogP contribution in [0.5, 0.6) is 0 Å². The maximum Gasteiger partial charge on any atom is 0.0991 e. The van der Waals surface area contributed by atoms with Crippen molar-refractivity contribution in [2.75, 3.05) is 0 Å². The van der Waals surface area contributed by atoms with Crippen LogP contribution in [0, 0.1) is 0 Å². The van der Waals surface area contributed by atoms with Crippen LogP contribution in [0.25, 0.3) is 5.69 Å². The van der Waals surface area contributed by atoms with Crippen molar-refractivity contribution in [3.63, 3.8) is 0 Å². The highest BCUT2D eigenvalue weighted by atomic mass is 79.9. The highest BCUT2D eigenvalue weighted by molar-refractivity contribution is 9.10. The number of halogens is 1. The van der Waals surface area contributed by atoms with Crippen molar-refractivity contribution in [1.82, 2.24) is 9.55 Å². The second kappa shape index (κ2) is 5.60. The fraction of sp³-hybridized carbons (Fsp3) is 0.182. The van der Waals surface area contributed by atoms with Crippen molar-refractivity contribution in [2.24, 2.45) is 0 Å². The summed E-state index contributed by atoms with van der Waals surface area (Å²) >= 11 is 3.38. The van der Waals surface area contributed by atoms with Crippen molar-refractivity contribution in [1.29, 1.82) is 0 Å². The summed E-state index contributed by atoms with van der Waals surface area (Å²) in [5.41, 5.74) is 1.12. The average Bonchev–Trinajstić information content (AvgIpc) is 2.75. The Bertz CT molecular complexity index is 351. The molecule has 1 aromatic carbocycles. The van der Waals surface area contributed by atoms with Crippen LogP contribution in [-0.4, -0.2) is 9.55 Å². The third-order valence-electron chi connectivity index (χ3n) is 1.63. The van der Waals surface area contributed by atoms with Gasteiger partial charge in [-0.05, 0) is 24.3 Å². The van der Waals surface area contributed by atoms with Gasteiger partial charge >= 0.3 is 0 Å². The quantitative estimate of drug-likeness (QED) is 0.758. The molecule has 2 rings (SSSR count). The van der Waals surface area contributed by atoms with E-state index in [4.69, 9.17) is 0 Å². The van der Waals surface area contributed by atoms with E-state index in [1.807, 2.05) is 48.9 Å². The van der Waals surface area contributed by atoms with Crippen molar-refractivity contribution in [3.8, 4) is 5.69 Å². The molecule has 0 unspecified atom stereocenters. The van der Waals surface area contributed by atoms with Crippen LogP contribution in [0.1, 0.15) is 13.8 Å². The molecular formula is C11H13BrN2. The molecule has 2 aromatic rings. The molecule has 0 amide bonds. The average molecular weight is 253 g/mol. The second-order valence-corrected chi connectivity index (χ2v) is 3.36. The van der Waals surface area contributed by atoms with Gasteiger partial charge in [0.25, 0.3) is 0 Å². The number of hydrogen-bond donors (Lipinski definition) is 0. The van der Waals surface area contributed by atoms with E-state index in [1.165, 1.54) is 0 Å². The Morgan fingerprint density at radius 3 is 2.29 bits per heavy atom. The van der Waals surface area contributed by atoms with Crippen molar-refractivity contribution >= 4 is 15.9 Å². The maximum absolute atomic E-state index is 3.97. The summed E-state index contributed by atoms with van der Waals surface area (Å²) in [7, 11) is 0. The van der Waals surface area contributed by atoms with E-state index in [0.717, 1.165) is 10.2 Å². The van der Waals surface area contributed by atoms with Gasteiger partial charge in [0.2, 0.25) is 0 Å². The monoisotopic (exact) mass is 252 g/mol. The van der Waals surface area contributed by atoms with Gasteiger partial charge in [-0.15, -0.1) is 0 Å². The molecule has 0 N–H and O–H groups in total. The molecule has 3 heteroatoms. The molecule has 74 valence electrons. The van der Waals surface area contributed by atoms with E-state index >= 15 is 0 Å². The summed E-state index contributed by atoms with van der Waals surface area (Å²) in [6, 6.07) is 8.09. The number of rotatable bonds is 1. The number of hydrogen-bond acceptors (Lipinski definition) is 1. The lowest BCUT2D eigenvalue weighted by Gasteiger charge is -2.00. The van der Waals surface area contributed by atoms with Crippen LogP contribution in [0.3, 0.4) is 0 Å². The number of imidazole rings is 1. The van der Waals surface area contributed by atoms with Crippen molar-refractivity contribution in [2.45, 2.75) is 13.8 Å². The first-order chi connectivity index (χ1) is 6.86. The Hall–Kier alpha value is -1.09. The fourth-order valence-electron chi connectivity index (χ4n) is 1.03. The van der Waals surface area contributed by atoms with Gasteiger partial charge < -0.3 is 4.57 Å². The Labute approximate surface area is 92.7 Å². The van der Waals surface area contributed by atoms with E-state index in [9.17, 15) is 0 Å². The molecule has 0 radical (unpaired) electrons. The summed E-state index contributed by atoms with van der Waals surface area (Å²) < 4.78 is 3.05. The largest absolute Gasteiger partial charge is 0.306 e. The van der Waals surface area contributed by atoms with Crippen molar-refractivity contribution < 1.29 is 0 Å². The summed E-state index contributed by atoms with van der Waals surface area (Å²) in [5.74, 6) is 0. The van der Waals surface area contributed by atoms with E-state index in [0.29, 0.717) is 0 Å². The molecule has 0 fully saturated rings. The first kappa shape index (κ1) is 11.0. The van der Waals surface area contributed by atoms with Gasteiger partial charge in [-0.1, -0.05) is 29.8 Å². The first-order valence-electron chi connectivity index (χ1n) is 4.60. The molecular weight excluding hydrogens is 240 g/mol. The zero-order chi connectivity index (χ0) is 10.4. The van der Waals surface area contributed by atoms with Gasteiger partial charge in [-0.2, -0.15) is 0 Å². The van der Waals surface area contributed by atoms with Gasteiger partial charge in [0.15, 0.2) is 0 Å². The summed E-state index contributed by atoms with van der Waals surface area (Å²) in [6.45, 7) is 4.00. The summed E-state index contributed by atoms with van der Waals surface area (Å²) in [6.07, 6.45) is 5.47. The predicted octanol–water partition coefficient (Wildman–Crippen LogP) is 3.66. The first-order valence-corrected chi connectivity index (χ1v) is 5.39. The van der Waals surface area contributed by atoms with Crippen molar-refractivity contribution in [3.05, 3.63) is 47.5 Å². The van der Waals surface area contributed by atoms with Gasteiger partial charge in [-0.25, -0.2) is 4.98 Å². The molecule has 2 nitrogen and oxygen atoms in total. The maximum atomic E-state index is 3.97. The lowest BCUT2D eigenvalue weighted by atomic mass is 10.3. The van der Waals surface area contributed by atoms with E-state index in [2.05, 4.69) is 20.9 Å². The van der Waals surface area contributed by atoms with Crippen LogP contribution >= 0.6 is 15.9 Å². The number of nitrogens with zero attached hydrogens (tertiary/aromatic N) is 2. The van der Waals surface area contributed by atoms with Gasteiger partial charge in [0.1, 0.15) is 0 Å². The zero-order valence-corrected chi connectivity index (χ0v) is 9.90. The van der Waals surface area contributed by atoms with Gasteiger partial charge in [0, 0.05) is 22.6 Å². The fourth-order valence-corrected chi connectivity index (χ4v) is 1.29. The molecule has 0 aliphatic heterocycles. The summed E-state index contributed by atoms with van der Waals surface area (Å²) in [5, 5.41) is 0. The molecule has 0 spiro atoms. The molecule has 0 atom stereocenters. The molecule has 0 bridgehead atoms. The topological polar surface area (TPSA) is 17.8 Å². The molecule has 1 heterocycles. The third kappa shape index (κ3) is 2.70. The standard InChI is InChI=1S/C9H7BrN2.C2H6/c10-8-1-3-9(4-2-8)12-6-5-11-7-12;1-2/h1-7H;1-2H3. The molecule has 14 heavy (non-hydrogen) atoms. The Balaban J connectivity index is 0.000000461. The Morgan fingerprint density at radius 2 is 1.79 bits per heavy atom. The molecule has 0 aliphatic rings. The minimum Gasteiger partial charge on any atom is -0.306 e. The zero-order valence-electron chi connectivity index (χ0n) is 8.31. The summed E-state index contributed by atoms with van der Waals surface area (Å²) in [4.78, 5) is 3.97. The van der Waals surface area contributed by atoms with Crippen LogP contribution in [0.4, 0.5) is 0 Å². The van der Waals surface area contributed by atoms with E-state index in [1.54, 1.807) is 12.5 Å². The normalized spacial score (nSPS) is 9.07. The molecule has 0 saturated heterocycles. The highest BCUT2D eigenvalue weighted by Gasteiger charge is 1.92. The third-order valence-corrected chi connectivity index (χ3v) is 2.16. The van der Waals surface area contributed by atoms with E-state index < -0.39 is 0 Å². The van der Waals surface area contributed by atoms with E-state index in [-0.39, 0.29) is 0 Å². The molecule has 0 aliphatic carbocycles. The Morgan fingerprint density at radius 1 is 1.14 bits per heavy atom. The minimum atomic E-state index is 1.09.